The molecular formula is C15H17N3O. The highest BCUT2D eigenvalue weighted by atomic mass is 16.5. The minimum atomic E-state index is 0.167. The molecule has 1 aromatic heterocycles. The zero-order valence-electron chi connectivity index (χ0n) is 11.0. The molecule has 1 N–H and O–H groups in total. The number of benzene rings is 1. The molecule has 2 aromatic rings. The third kappa shape index (κ3) is 2.52. The fourth-order valence-electron chi connectivity index (χ4n) is 2.33. The predicted octanol–water partition coefficient (Wildman–Crippen LogP) is 2.97. The Morgan fingerprint density at radius 2 is 2.21 bits per heavy atom. The average Bonchev–Trinajstić information content (AvgIpc) is 2.83. The Balaban J connectivity index is 1.77. The van der Waals surface area contributed by atoms with Crippen LogP contribution >= 0.6 is 0 Å². The van der Waals surface area contributed by atoms with Crippen LogP contribution < -0.4 is 10.1 Å². The second-order valence-electron chi connectivity index (χ2n) is 4.69. The zero-order valence-corrected chi connectivity index (χ0v) is 11.0. The molecule has 0 bridgehead atoms. The highest BCUT2D eigenvalue weighted by Gasteiger charge is 2.23. The van der Waals surface area contributed by atoms with Crippen LogP contribution in [0.2, 0.25) is 0 Å². The lowest BCUT2D eigenvalue weighted by atomic mass is 10.1. The number of aryl methyl sites for hydroxylation is 1. The second-order valence-corrected chi connectivity index (χ2v) is 4.69. The van der Waals surface area contributed by atoms with E-state index in [1.807, 2.05) is 24.3 Å². The van der Waals surface area contributed by atoms with Gasteiger partial charge in [0.15, 0.2) is 0 Å². The standard InChI is InChI=1S/C15H17N3O/c1-2-5-11-8-15(17-10-16-11)18-13-9-19-14-7-4-3-6-12(13)14/h3-4,6-8,10,13H,2,5,9H2,1H3,(H,16,17,18). The van der Waals surface area contributed by atoms with Gasteiger partial charge in [0.1, 0.15) is 24.5 Å². The van der Waals surface area contributed by atoms with Crippen molar-refractivity contribution in [2.75, 3.05) is 11.9 Å². The SMILES string of the molecule is CCCc1cc(NC2COc3ccccc32)ncn1. The lowest BCUT2D eigenvalue weighted by Gasteiger charge is -2.12. The quantitative estimate of drug-likeness (QED) is 0.912. The molecule has 3 rings (SSSR count). The first-order chi connectivity index (χ1) is 9.36. The van der Waals surface area contributed by atoms with Crippen LogP contribution in [-0.4, -0.2) is 16.6 Å². The van der Waals surface area contributed by atoms with Crippen LogP contribution in [0.3, 0.4) is 0 Å². The van der Waals surface area contributed by atoms with E-state index in [1.165, 1.54) is 5.56 Å². The molecule has 0 saturated carbocycles. The van der Waals surface area contributed by atoms with Gasteiger partial charge < -0.3 is 10.1 Å². The Hall–Kier alpha value is -2.10. The summed E-state index contributed by atoms with van der Waals surface area (Å²) in [6.45, 7) is 2.79. The van der Waals surface area contributed by atoms with E-state index < -0.39 is 0 Å². The van der Waals surface area contributed by atoms with E-state index in [9.17, 15) is 0 Å². The molecule has 4 heteroatoms. The molecule has 1 atom stereocenters. The Labute approximate surface area is 112 Å². The predicted molar refractivity (Wildman–Crippen MR) is 74.3 cm³/mol. The smallest absolute Gasteiger partial charge is 0.130 e. The van der Waals surface area contributed by atoms with Crippen molar-refractivity contribution < 1.29 is 4.74 Å². The molecule has 98 valence electrons. The van der Waals surface area contributed by atoms with Crippen molar-refractivity contribution in [2.24, 2.45) is 0 Å². The van der Waals surface area contributed by atoms with Crippen LogP contribution in [-0.2, 0) is 6.42 Å². The summed E-state index contributed by atoms with van der Waals surface area (Å²) in [5.41, 5.74) is 2.27. The molecule has 0 saturated heterocycles. The summed E-state index contributed by atoms with van der Waals surface area (Å²) in [5.74, 6) is 1.83. The molecule has 0 aliphatic carbocycles. The van der Waals surface area contributed by atoms with Gasteiger partial charge in [-0.3, -0.25) is 0 Å². The number of para-hydroxylation sites is 1. The Morgan fingerprint density at radius 3 is 3.11 bits per heavy atom. The van der Waals surface area contributed by atoms with E-state index in [0.29, 0.717) is 6.61 Å². The molecule has 2 heterocycles. The summed E-state index contributed by atoms with van der Waals surface area (Å²) < 4.78 is 5.66. The number of aromatic nitrogens is 2. The Kier molecular flexibility index (Phi) is 3.31. The fraction of sp³-hybridized carbons (Fsp3) is 0.333. The summed E-state index contributed by atoms with van der Waals surface area (Å²) in [6, 6.07) is 10.3. The largest absolute Gasteiger partial charge is 0.491 e. The van der Waals surface area contributed by atoms with E-state index in [4.69, 9.17) is 4.74 Å². The summed E-state index contributed by atoms with van der Waals surface area (Å²) >= 11 is 0. The van der Waals surface area contributed by atoms with Gasteiger partial charge in [0.25, 0.3) is 0 Å². The first kappa shape index (κ1) is 12.0. The van der Waals surface area contributed by atoms with E-state index in [1.54, 1.807) is 6.33 Å². The fourth-order valence-corrected chi connectivity index (χ4v) is 2.33. The number of nitrogens with one attached hydrogen (secondary N) is 1. The van der Waals surface area contributed by atoms with Crippen LogP contribution in [0.25, 0.3) is 0 Å². The number of anilines is 1. The van der Waals surface area contributed by atoms with Gasteiger partial charge in [0.05, 0.1) is 6.04 Å². The normalized spacial score (nSPS) is 16.8. The van der Waals surface area contributed by atoms with Gasteiger partial charge in [-0.25, -0.2) is 9.97 Å². The molecule has 1 aliphatic heterocycles. The van der Waals surface area contributed by atoms with Gasteiger partial charge in [0, 0.05) is 17.3 Å². The minimum absolute atomic E-state index is 0.167. The number of hydrogen-bond donors (Lipinski definition) is 1. The molecule has 19 heavy (non-hydrogen) atoms. The van der Waals surface area contributed by atoms with Gasteiger partial charge in [-0.15, -0.1) is 0 Å². The molecule has 1 unspecified atom stereocenters. The molecule has 1 aromatic carbocycles. The van der Waals surface area contributed by atoms with Crippen molar-refractivity contribution >= 4 is 5.82 Å². The molecule has 0 radical (unpaired) electrons. The number of rotatable bonds is 4. The maximum absolute atomic E-state index is 5.66. The highest BCUT2D eigenvalue weighted by molar-refractivity contribution is 5.46. The lowest BCUT2D eigenvalue weighted by Crippen LogP contribution is -2.13. The number of nitrogens with zero attached hydrogens (tertiary/aromatic N) is 2. The van der Waals surface area contributed by atoms with E-state index in [2.05, 4.69) is 28.3 Å². The van der Waals surface area contributed by atoms with Crippen molar-refractivity contribution in [1.29, 1.82) is 0 Å². The molecule has 0 amide bonds. The van der Waals surface area contributed by atoms with Crippen LogP contribution in [0.4, 0.5) is 5.82 Å². The number of ether oxygens (including phenoxy) is 1. The van der Waals surface area contributed by atoms with Crippen molar-refractivity contribution in [2.45, 2.75) is 25.8 Å². The van der Waals surface area contributed by atoms with Gasteiger partial charge in [0.2, 0.25) is 0 Å². The maximum Gasteiger partial charge on any atom is 0.130 e. The minimum Gasteiger partial charge on any atom is -0.491 e. The average molecular weight is 255 g/mol. The molecule has 0 fully saturated rings. The highest BCUT2D eigenvalue weighted by Crippen LogP contribution is 2.33. The van der Waals surface area contributed by atoms with Gasteiger partial charge in [-0.1, -0.05) is 31.5 Å². The van der Waals surface area contributed by atoms with Crippen LogP contribution in [0.1, 0.15) is 30.6 Å². The summed E-state index contributed by atoms with van der Waals surface area (Å²) in [7, 11) is 0. The molecule has 0 spiro atoms. The van der Waals surface area contributed by atoms with Crippen LogP contribution in [0.15, 0.2) is 36.7 Å². The Bertz CT molecular complexity index is 571. The van der Waals surface area contributed by atoms with E-state index in [0.717, 1.165) is 30.1 Å². The zero-order chi connectivity index (χ0) is 13.1. The molecular weight excluding hydrogens is 238 g/mol. The maximum atomic E-state index is 5.66. The monoisotopic (exact) mass is 255 g/mol. The van der Waals surface area contributed by atoms with E-state index >= 15 is 0 Å². The summed E-state index contributed by atoms with van der Waals surface area (Å²) in [6.07, 6.45) is 3.69. The summed E-state index contributed by atoms with van der Waals surface area (Å²) in [4.78, 5) is 8.55. The van der Waals surface area contributed by atoms with Crippen LogP contribution in [0.5, 0.6) is 5.75 Å². The third-order valence-corrected chi connectivity index (χ3v) is 3.25. The van der Waals surface area contributed by atoms with Crippen molar-refractivity contribution in [1.82, 2.24) is 9.97 Å². The lowest BCUT2D eigenvalue weighted by molar-refractivity contribution is 0.339. The number of hydrogen-bond acceptors (Lipinski definition) is 4. The van der Waals surface area contributed by atoms with Gasteiger partial charge in [-0.2, -0.15) is 0 Å². The van der Waals surface area contributed by atoms with Gasteiger partial charge >= 0.3 is 0 Å². The van der Waals surface area contributed by atoms with Crippen molar-refractivity contribution in [3.63, 3.8) is 0 Å². The van der Waals surface area contributed by atoms with Gasteiger partial charge in [-0.05, 0) is 12.5 Å². The van der Waals surface area contributed by atoms with Crippen LogP contribution in [0, 0.1) is 0 Å². The van der Waals surface area contributed by atoms with Crippen molar-refractivity contribution in [3.8, 4) is 5.75 Å². The van der Waals surface area contributed by atoms with Crippen molar-refractivity contribution in [3.05, 3.63) is 47.9 Å². The first-order valence-electron chi connectivity index (χ1n) is 6.66. The molecule has 1 aliphatic rings. The Morgan fingerprint density at radius 1 is 1.32 bits per heavy atom. The molecule has 4 nitrogen and oxygen atoms in total. The topological polar surface area (TPSA) is 47.0 Å². The number of fused-ring (bicyclic) bond motifs is 1. The first-order valence-corrected chi connectivity index (χ1v) is 6.66. The van der Waals surface area contributed by atoms with E-state index in [-0.39, 0.29) is 6.04 Å². The summed E-state index contributed by atoms with van der Waals surface area (Å²) in [5, 5.41) is 3.42. The third-order valence-electron chi connectivity index (χ3n) is 3.25. The second kappa shape index (κ2) is 5.26.